The molecule has 2 N–H and O–H groups in total. The zero-order valence-corrected chi connectivity index (χ0v) is 14.8. The van der Waals surface area contributed by atoms with E-state index >= 15 is 0 Å². The summed E-state index contributed by atoms with van der Waals surface area (Å²) in [6.45, 7) is 3.17. The lowest BCUT2D eigenvalue weighted by Gasteiger charge is -2.27. The number of nitrogens with one attached hydrogen (secondary N) is 1. The van der Waals surface area contributed by atoms with Crippen molar-refractivity contribution >= 4 is 0 Å². The quantitative estimate of drug-likeness (QED) is 0.766. The average molecular weight is 345 g/mol. The molecule has 25 heavy (non-hydrogen) atoms. The van der Waals surface area contributed by atoms with Crippen molar-refractivity contribution in [2.24, 2.45) is 0 Å². The van der Waals surface area contributed by atoms with Gasteiger partial charge in [-0.3, -0.25) is 0 Å². The first kappa shape index (κ1) is 17.9. The number of aryl methyl sites for hydroxylation is 1. The van der Waals surface area contributed by atoms with Gasteiger partial charge >= 0.3 is 0 Å². The molecule has 1 saturated carbocycles. The lowest BCUT2D eigenvalue weighted by molar-refractivity contribution is 0.200. The molecule has 1 aliphatic rings. The first-order valence-electron chi connectivity index (χ1n) is 9.17. The maximum absolute atomic E-state index is 8.93. The standard InChI is InChI=1S/C19H27N3O3/c1-2-18-21-19(25-22-18)14-7-9-16(10-8-14)20-13-15-5-3-4-6-17(15)24-12-11-23/h3-6,14,16,20,23H,2,7-13H2,1H3. The van der Waals surface area contributed by atoms with Crippen LogP contribution in [-0.2, 0) is 13.0 Å². The Morgan fingerprint density at radius 1 is 1.24 bits per heavy atom. The topological polar surface area (TPSA) is 80.4 Å². The lowest BCUT2D eigenvalue weighted by Crippen LogP contribution is -2.32. The fourth-order valence-electron chi connectivity index (χ4n) is 3.32. The van der Waals surface area contributed by atoms with Gasteiger partial charge in [0.15, 0.2) is 5.82 Å². The third kappa shape index (κ3) is 4.80. The molecular weight excluding hydrogens is 318 g/mol. The summed E-state index contributed by atoms with van der Waals surface area (Å²) >= 11 is 0. The van der Waals surface area contributed by atoms with Crippen LogP contribution in [0.1, 0.15) is 55.8 Å². The number of benzene rings is 1. The van der Waals surface area contributed by atoms with Crippen LogP contribution >= 0.6 is 0 Å². The van der Waals surface area contributed by atoms with E-state index in [9.17, 15) is 0 Å². The van der Waals surface area contributed by atoms with E-state index in [1.807, 2.05) is 25.1 Å². The highest BCUT2D eigenvalue weighted by molar-refractivity contribution is 5.33. The molecule has 0 amide bonds. The number of rotatable bonds is 8. The zero-order valence-electron chi connectivity index (χ0n) is 14.8. The fourth-order valence-corrected chi connectivity index (χ4v) is 3.32. The number of aromatic nitrogens is 2. The van der Waals surface area contributed by atoms with Crippen LogP contribution in [0.3, 0.4) is 0 Å². The highest BCUT2D eigenvalue weighted by Crippen LogP contribution is 2.32. The molecule has 1 aromatic heterocycles. The average Bonchev–Trinajstić information content (AvgIpc) is 3.15. The van der Waals surface area contributed by atoms with Crippen molar-refractivity contribution in [1.82, 2.24) is 15.5 Å². The Bertz CT molecular complexity index is 651. The minimum absolute atomic E-state index is 0.0290. The normalized spacial score (nSPS) is 20.6. The number of ether oxygens (including phenoxy) is 1. The molecule has 6 nitrogen and oxygen atoms in total. The third-order valence-electron chi connectivity index (χ3n) is 4.78. The van der Waals surface area contributed by atoms with Gasteiger partial charge in [-0.15, -0.1) is 0 Å². The highest BCUT2D eigenvalue weighted by Gasteiger charge is 2.26. The number of hydrogen-bond donors (Lipinski definition) is 2. The second-order valence-corrected chi connectivity index (χ2v) is 6.51. The Kier molecular flexibility index (Phi) is 6.42. The Labute approximate surface area is 148 Å². The molecule has 3 rings (SSSR count). The summed E-state index contributed by atoms with van der Waals surface area (Å²) in [6, 6.07) is 8.48. The van der Waals surface area contributed by atoms with Crippen LogP contribution in [-0.4, -0.2) is 34.5 Å². The van der Waals surface area contributed by atoms with Gasteiger partial charge in [0, 0.05) is 30.5 Å². The summed E-state index contributed by atoms with van der Waals surface area (Å²) in [5.41, 5.74) is 1.13. The van der Waals surface area contributed by atoms with Gasteiger partial charge < -0.3 is 19.7 Å². The summed E-state index contributed by atoms with van der Waals surface area (Å²) < 4.78 is 11.0. The minimum atomic E-state index is 0.0290. The molecule has 0 spiro atoms. The van der Waals surface area contributed by atoms with E-state index in [-0.39, 0.29) is 6.61 Å². The van der Waals surface area contributed by atoms with Crippen LogP contribution in [0.4, 0.5) is 0 Å². The van der Waals surface area contributed by atoms with Gasteiger partial charge in [-0.25, -0.2) is 0 Å². The monoisotopic (exact) mass is 345 g/mol. The van der Waals surface area contributed by atoms with Crippen LogP contribution in [0, 0.1) is 0 Å². The van der Waals surface area contributed by atoms with Gasteiger partial charge in [0.25, 0.3) is 0 Å². The maximum atomic E-state index is 8.93. The van der Waals surface area contributed by atoms with E-state index in [2.05, 4.69) is 21.5 Å². The van der Waals surface area contributed by atoms with Crippen molar-refractivity contribution in [3.63, 3.8) is 0 Å². The zero-order chi connectivity index (χ0) is 17.5. The number of hydrogen-bond acceptors (Lipinski definition) is 6. The molecule has 6 heteroatoms. The van der Waals surface area contributed by atoms with Gasteiger partial charge in [-0.05, 0) is 31.7 Å². The summed E-state index contributed by atoms with van der Waals surface area (Å²) in [6.07, 6.45) is 5.18. The van der Waals surface area contributed by atoms with Crippen molar-refractivity contribution in [1.29, 1.82) is 0 Å². The smallest absolute Gasteiger partial charge is 0.229 e. The van der Waals surface area contributed by atoms with E-state index in [0.717, 1.165) is 61.7 Å². The highest BCUT2D eigenvalue weighted by atomic mass is 16.5. The number of aliphatic hydroxyl groups is 1. The van der Waals surface area contributed by atoms with Gasteiger partial charge in [0.05, 0.1) is 6.61 Å². The molecule has 0 atom stereocenters. The van der Waals surface area contributed by atoms with Crippen LogP contribution < -0.4 is 10.1 Å². The van der Waals surface area contributed by atoms with Crippen molar-refractivity contribution in [3.8, 4) is 5.75 Å². The van der Waals surface area contributed by atoms with Gasteiger partial charge in [0.1, 0.15) is 12.4 Å². The van der Waals surface area contributed by atoms with E-state index < -0.39 is 0 Å². The Morgan fingerprint density at radius 2 is 2.04 bits per heavy atom. The molecule has 0 aliphatic heterocycles. The molecule has 0 bridgehead atoms. The molecule has 0 saturated heterocycles. The van der Waals surface area contributed by atoms with E-state index in [0.29, 0.717) is 18.6 Å². The molecular formula is C19H27N3O3. The van der Waals surface area contributed by atoms with E-state index in [1.54, 1.807) is 0 Å². The molecule has 2 aromatic rings. The Balaban J connectivity index is 1.48. The molecule has 1 aromatic carbocycles. The van der Waals surface area contributed by atoms with Crippen molar-refractivity contribution < 1.29 is 14.4 Å². The largest absolute Gasteiger partial charge is 0.491 e. The second-order valence-electron chi connectivity index (χ2n) is 6.51. The minimum Gasteiger partial charge on any atom is -0.491 e. The van der Waals surface area contributed by atoms with Crippen LogP contribution in [0.25, 0.3) is 0 Å². The lowest BCUT2D eigenvalue weighted by atomic mass is 9.86. The van der Waals surface area contributed by atoms with E-state index in [1.165, 1.54) is 0 Å². The van der Waals surface area contributed by atoms with Gasteiger partial charge in [0.2, 0.25) is 5.89 Å². The molecule has 1 aliphatic carbocycles. The van der Waals surface area contributed by atoms with Gasteiger partial charge in [-0.2, -0.15) is 4.98 Å². The molecule has 0 unspecified atom stereocenters. The van der Waals surface area contributed by atoms with Crippen molar-refractivity contribution in [3.05, 3.63) is 41.5 Å². The first-order chi connectivity index (χ1) is 12.3. The van der Waals surface area contributed by atoms with Crippen LogP contribution in [0.2, 0.25) is 0 Å². The molecule has 136 valence electrons. The molecule has 1 heterocycles. The fraction of sp³-hybridized carbons (Fsp3) is 0.579. The van der Waals surface area contributed by atoms with Crippen molar-refractivity contribution in [2.75, 3.05) is 13.2 Å². The summed E-state index contributed by atoms with van der Waals surface area (Å²) in [5, 5.41) is 16.6. The van der Waals surface area contributed by atoms with Crippen LogP contribution in [0.5, 0.6) is 5.75 Å². The number of nitrogens with zero attached hydrogens (tertiary/aromatic N) is 2. The second kappa shape index (κ2) is 8.97. The van der Waals surface area contributed by atoms with E-state index in [4.69, 9.17) is 14.4 Å². The number of para-hydroxylation sites is 1. The SMILES string of the molecule is CCc1noc(C2CCC(NCc3ccccc3OCCO)CC2)n1. The summed E-state index contributed by atoms with van der Waals surface area (Å²) in [5.74, 6) is 2.84. The number of aliphatic hydroxyl groups excluding tert-OH is 1. The Hall–Kier alpha value is -1.92. The predicted octanol–water partition coefficient (Wildman–Crippen LogP) is 2.82. The molecule has 1 fully saturated rings. The third-order valence-corrected chi connectivity index (χ3v) is 4.78. The Morgan fingerprint density at radius 3 is 2.76 bits per heavy atom. The molecule has 0 radical (unpaired) electrons. The predicted molar refractivity (Wildman–Crippen MR) is 94.5 cm³/mol. The summed E-state index contributed by atoms with van der Waals surface area (Å²) in [7, 11) is 0. The maximum Gasteiger partial charge on any atom is 0.229 e. The van der Waals surface area contributed by atoms with Gasteiger partial charge in [-0.1, -0.05) is 30.3 Å². The summed E-state index contributed by atoms with van der Waals surface area (Å²) in [4.78, 5) is 4.48. The van der Waals surface area contributed by atoms with Crippen molar-refractivity contribution in [2.45, 2.75) is 57.5 Å². The van der Waals surface area contributed by atoms with Crippen LogP contribution in [0.15, 0.2) is 28.8 Å². The first-order valence-corrected chi connectivity index (χ1v) is 9.17.